The van der Waals surface area contributed by atoms with Crippen molar-refractivity contribution >= 4 is 15.9 Å². The molecular formula is C10H10BrO. The van der Waals surface area contributed by atoms with Gasteiger partial charge in [-0.2, -0.15) is 0 Å². The van der Waals surface area contributed by atoms with Crippen molar-refractivity contribution in [3.63, 3.8) is 0 Å². The third-order valence-electron chi connectivity index (χ3n) is 1.44. The van der Waals surface area contributed by atoms with Crippen LogP contribution in [0.15, 0.2) is 29.3 Å². The zero-order valence-electron chi connectivity index (χ0n) is 6.93. The average molecular weight is 226 g/mol. The fourth-order valence-electron chi connectivity index (χ4n) is 0.883. The predicted octanol–water partition coefficient (Wildman–Crippen LogP) is 3.19. The van der Waals surface area contributed by atoms with Crippen LogP contribution in [0.1, 0.15) is 12.5 Å². The van der Waals surface area contributed by atoms with E-state index in [1.54, 1.807) is 0 Å². The van der Waals surface area contributed by atoms with Crippen LogP contribution >= 0.6 is 15.9 Å². The Morgan fingerprint density at radius 1 is 1.58 bits per heavy atom. The SMILES string of the molecule is C=[C]c1ccc(OCC)c(Br)c1. The summed E-state index contributed by atoms with van der Waals surface area (Å²) in [5.41, 5.74) is 0.963. The van der Waals surface area contributed by atoms with Crippen LogP contribution in [-0.2, 0) is 0 Å². The van der Waals surface area contributed by atoms with Crippen molar-refractivity contribution in [3.05, 3.63) is 40.9 Å². The lowest BCUT2D eigenvalue weighted by Gasteiger charge is -2.05. The fourth-order valence-corrected chi connectivity index (χ4v) is 1.38. The molecule has 0 atom stereocenters. The van der Waals surface area contributed by atoms with Gasteiger partial charge in [0.05, 0.1) is 11.1 Å². The molecule has 0 heterocycles. The molecule has 2 heteroatoms. The Kier molecular flexibility index (Phi) is 3.35. The monoisotopic (exact) mass is 225 g/mol. The molecule has 0 saturated carbocycles. The summed E-state index contributed by atoms with van der Waals surface area (Å²) in [7, 11) is 0. The lowest BCUT2D eigenvalue weighted by atomic mass is 10.2. The van der Waals surface area contributed by atoms with Crippen LogP contribution in [0.3, 0.4) is 0 Å². The second-order valence-electron chi connectivity index (χ2n) is 2.25. The first-order valence-electron chi connectivity index (χ1n) is 3.73. The molecule has 0 saturated heterocycles. The molecule has 0 bridgehead atoms. The summed E-state index contributed by atoms with van der Waals surface area (Å²) in [5.74, 6) is 0.858. The zero-order chi connectivity index (χ0) is 8.97. The first-order valence-corrected chi connectivity index (χ1v) is 4.52. The van der Waals surface area contributed by atoms with Gasteiger partial charge >= 0.3 is 0 Å². The molecule has 1 radical (unpaired) electrons. The molecule has 0 amide bonds. The van der Waals surface area contributed by atoms with E-state index in [0.29, 0.717) is 6.61 Å². The van der Waals surface area contributed by atoms with Crippen LogP contribution in [0.25, 0.3) is 0 Å². The standard InChI is InChI=1S/C10H10BrO/c1-3-8-5-6-10(12-4-2)9(11)7-8/h5-7H,1,4H2,2H3. The summed E-state index contributed by atoms with van der Waals surface area (Å²) in [6.07, 6.45) is 2.80. The van der Waals surface area contributed by atoms with Crippen molar-refractivity contribution in [2.45, 2.75) is 6.92 Å². The number of hydrogen-bond acceptors (Lipinski definition) is 1. The maximum absolute atomic E-state index is 5.34. The minimum absolute atomic E-state index is 0.676. The summed E-state index contributed by atoms with van der Waals surface area (Å²) in [4.78, 5) is 0. The third-order valence-corrected chi connectivity index (χ3v) is 2.06. The molecule has 0 aliphatic carbocycles. The number of ether oxygens (including phenoxy) is 1. The molecule has 0 aromatic heterocycles. The van der Waals surface area contributed by atoms with Gasteiger partial charge in [-0.05, 0) is 46.6 Å². The van der Waals surface area contributed by atoms with E-state index in [1.807, 2.05) is 25.1 Å². The summed E-state index contributed by atoms with van der Waals surface area (Å²) < 4.78 is 6.28. The van der Waals surface area contributed by atoms with Crippen LogP contribution in [0.2, 0.25) is 0 Å². The van der Waals surface area contributed by atoms with E-state index >= 15 is 0 Å². The van der Waals surface area contributed by atoms with E-state index < -0.39 is 0 Å². The van der Waals surface area contributed by atoms with E-state index in [1.165, 1.54) is 0 Å². The molecule has 0 fully saturated rings. The number of rotatable bonds is 3. The van der Waals surface area contributed by atoms with Crippen molar-refractivity contribution < 1.29 is 4.74 Å². The topological polar surface area (TPSA) is 9.23 Å². The maximum atomic E-state index is 5.34. The van der Waals surface area contributed by atoms with Gasteiger partial charge in [0.15, 0.2) is 0 Å². The Bertz CT molecular complexity index is 281. The summed E-state index contributed by atoms with van der Waals surface area (Å²) in [5, 5.41) is 0. The maximum Gasteiger partial charge on any atom is 0.133 e. The van der Waals surface area contributed by atoms with Gasteiger partial charge in [-0.3, -0.25) is 0 Å². The molecule has 12 heavy (non-hydrogen) atoms. The summed E-state index contributed by atoms with van der Waals surface area (Å²) in [6, 6.07) is 5.75. The molecule has 0 unspecified atom stereocenters. The van der Waals surface area contributed by atoms with Crippen molar-refractivity contribution in [3.8, 4) is 5.75 Å². The molecular weight excluding hydrogens is 216 g/mol. The van der Waals surface area contributed by atoms with Gasteiger partial charge in [-0.25, -0.2) is 0 Å². The first kappa shape index (κ1) is 9.33. The average Bonchev–Trinajstić information content (AvgIpc) is 2.09. The smallest absolute Gasteiger partial charge is 0.133 e. The van der Waals surface area contributed by atoms with Crippen LogP contribution < -0.4 is 4.74 Å². The predicted molar refractivity (Wildman–Crippen MR) is 53.3 cm³/mol. The van der Waals surface area contributed by atoms with Crippen LogP contribution in [0.5, 0.6) is 5.75 Å². The second-order valence-corrected chi connectivity index (χ2v) is 3.11. The Morgan fingerprint density at radius 3 is 2.83 bits per heavy atom. The lowest BCUT2D eigenvalue weighted by Crippen LogP contribution is -1.92. The van der Waals surface area contributed by atoms with Crippen LogP contribution in [0, 0.1) is 6.08 Å². The van der Waals surface area contributed by atoms with Crippen LogP contribution in [-0.4, -0.2) is 6.61 Å². The minimum Gasteiger partial charge on any atom is -0.493 e. The van der Waals surface area contributed by atoms with E-state index in [9.17, 15) is 0 Å². The van der Waals surface area contributed by atoms with Gasteiger partial charge in [0, 0.05) is 0 Å². The fraction of sp³-hybridized carbons (Fsp3) is 0.200. The van der Waals surface area contributed by atoms with E-state index in [-0.39, 0.29) is 0 Å². The van der Waals surface area contributed by atoms with Crippen molar-refractivity contribution in [2.24, 2.45) is 0 Å². The van der Waals surface area contributed by atoms with Gasteiger partial charge in [0.1, 0.15) is 5.75 Å². The third kappa shape index (κ3) is 2.11. The molecule has 0 aliphatic heterocycles. The van der Waals surface area contributed by atoms with E-state index in [4.69, 9.17) is 4.74 Å². The zero-order valence-corrected chi connectivity index (χ0v) is 8.52. The number of benzene rings is 1. The minimum atomic E-state index is 0.676. The van der Waals surface area contributed by atoms with Crippen LogP contribution in [0.4, 0.5) is 0 Å². The summed E-state index contributed by atoms with van der Waals surface area (Å²) in [6.45, 7) is 6.20. The summed E-state index contributed by atoms with van der Waals surface area (Å²) >= 11 is 3.40. The van der Waals surface area contributed by atoms with Gasteiger partial charge in [0.2, 0.25) is 0 Å². The molecule has 63 valence electrons. The van der Waals surface area contributed by atoms with E-state index in [2.05, 4.69) is 28.6 Å². The molecule has 0 N–H and O–H groups in total. The molecule has 1 aromatic carbocycles. The van der Waals surface area contributed by atoms with Gasteiger partial charge in [-0.1, -0.05) is 12.6 Å². The highest BCUT2D eigenvalue weighted by molar-refractivity contribution is 9.10. The quantitative estimate of drug-likeness (QED) is 0.768. The van der Waals surface area contributed by atoms with Crippen molar-refractivity contribution in [1.82, 2.24) is 0 Å². The second kappa shape index (κ2) is 4.31. The van der Waals surface area contributed by atoms with Gasteiger partial charge < -0.3 is 4.74 Å². The number of hydrogen-bond donors (Lipinski definition) is 0. The number of halogens is 1. The highest BCUT2D eigenvalue weighted by atomic mass is 79.9. The molecule has 1 nitrogen and oxygen atoms in total. The largest absolute Gasteiger partial charge is 0.493 e. The van der Waals surface area contributed by atoms with Crippen molar-refractivity contribution in [1.29, 1.82) is 0 Å². The van der Waals surface area contributed by atoms with Gasteiger partial charge in [-0.15, -0.1) is 0 Å². The van der Waals surface area contributed by atoms with Gasteiger partial charge in [0.25, 0.3) is 0 Å². The Balaban J connectivity index is 2.94. The molecule has 0 aliphatic rings. The van der Waals surface area contributed by atoms with E-state index in [0.717, 1.165) is 15.8 Å². The molecule has 1 rings (SSSR count). The first-order chi connectivity index (χ1) is 5.77. The molecule has 1 aromatic rings. The highest BCUT2D eigenvalue weighted by Crippen LogP contribution is 2.25. The van der Waals surface area contributed by atoms with Crippen molar-refractivity contribution in [2.75, 3.05) is 6.61 Å². The Morgan fingerprint density at radius 2 is 2.33 bits per heavy atom. The molecule has 0 spiro atoms. The normalized spacial score (nSPS) is 9.50. The highest BCUT2D eigenvalue weighted by Gasteiger charge is 1.99. The Hall–Kier alpha value is -0.760. The lowest BCUT2D eigenvalue weighted by molar-refractivity contribution is 0.338. The Labute approximate surface area is 81.2 Å².